The van der Waals surface area contributed by atoms with E-state index in [1.165, 1.54) is 15.6 Å². The lowest BCUT2D eigenvalue weighted by molar-refractivity contribution is -0.120. The lowest BCUT2D eigenvalue weighted by Gasteiger charge is -2.36. The van der Waals surface area contributed by atoms with Gasteiger partial charge in [-0.15, -0.1) is 0 Å². The van der Waals surface area contributed by atoms with Gasteiger partial charge in [-0.25, -0.2) is 23.1 Å². The molecular formula is C43H48F2N12O5. The second-order valence-corrected chi connectivity index (χ2v) is 17.0. The summed E-state index contributed by atoms with van der Waals surface area (Å²) in [7, 11) is 1.82. The zero-order chi connectivity index (χ0) is 42.5. The summed E-state index contributed by atoms with van der Waals surface area (Å²) in [6.45, 7) is 4.80. The summed E-state index contributed by atoms with van der Waals surface area (Å²) in [4.78, 5) is 48.6. The first-order valence-corrected chi connectivity index (χ1v) is 21.5. The molecule has 2 N–H and O–H groups in total. The highest BCUT2D eigenvalue weighted by molar-refractivity contribution is 6.09. The molecule has 4 saturated heterocycles. The zero-order valence-corrected chi connectivity index (χ0v) is 34.4. The highest BCUT2D eigenvalue weighted by Crippen LogP contribution is 2.37. The second kappa shape index (κ2) is 16.7. The number of ether oxygens (including phenoxy) is 2. The van der Waals surface area contributed by atoms with Crippen molar-refractivity contribution < 1.29 is 32.6 Å². The van der Waals surface area contributed by atoms with Gasteiger partial charge >= 0.3 is 6.03 Å². The van der Waals surface area contributed by atoms with E-state index >= 15 is 0 Å². The number of imide groups is 1. The largest absolute Gasteiger partial charge is 0.374 e. The van der Waals surface area contributed by atoms with Gasteiger partial charge < -0.3 is 24.6 Å². The highest BCUT2D eigenvalue weighted by atomic mass is 19.3. The van der Waals surface area contributed by atoms with Crippen molar-refractivity contribution >= 4 is 51.7 Å². The van der Waals surface area contributed by atoms with Gasteiger partial charge in [0, 0.05) is 64.0 Å². The molecule has 4 aromatic heterocycles. The van der Waals surface area contributed by atoms with Crippen LogP contribution in [-0.2, 0) is 21.3 Å². The maximum absolute atomic E-state index is 14.3. The number of hydrogen-bond donors (Lipinski definition) is 2. The molecule has 324 valence electrons. The van der Waals surface area contributed by atoms with Crippen LogP contribution in [0.2, 0.25) is 0 Å². The molecule has 0 radical (unpaired) electrons. The Morgan fingerprint density at radius 3 is 2.66 bits per heavy atom. The number of fused-ring (bicyclic) bond motifs is 4. The van der Waals surface area contributed by atoms with E-state index in [0.717, 1.165) is 93.4 Å². The summed E-state index contributed by atoms with van der Waals surface area (Å²) in [5.41, 5.74) is 1.70. The third kappa shape index (κ3) is 7.86. The minimum absolute atomic E-state index is 0.00234. The summed E-state index contributed by atoms with van der Waals surface area (Å²) in [5.74, 6) is 7.27. The van der Waals surface area contributed by atoms with E-state index in [4.69, 9.17) is 14.5 Å². The van der Waals surface area contributed by atoms with E-state index in [0.29, 0.717) is 30.6 Å². The van der Waals surface area contributed by atoms with Crippen LogP contribution in [0.3, 0.4) is 0 Å². The smallest absolute Gasteiger partial charge is 0.329 e. The van der Waals surface area contributed by atoms with Crippen molar-refractivity contribution in [1.82, 2.24) is 44.4 Å². The number of likely N-dealkylation sites (tertiary alicyclic amines) is 1. The molecule has 8 heterocycles. The number of amides is 4. The van der Waals surface area contributed by atoms with Crippen LogP contribution in [0.1, 0.15) is 85.4 Å². The number of carbonyl (C=O) groups is 3. The zero-order valence-electron chi connectivity index (χ0n) is 34.4. The molecule has 5 aliphatic rings. The monoisotopic (exact) mass is 850 g/mol. The third-order valence-electron chi connectivity index (χ3n) is 13.0. The van der Waals surface area contributed by atoms with E-state index in [1.54, 1.807) is 21.8 Å². The van der Waals surface area contributed by atoms with Crippen molar-refractivity contribution in [3.05, 3.63) is 59.7 Å². The number of halogens is 2. The predicted octanol–water partition coefficient (Wildman–Crippen LogP) is 4.69. The van der Waals surface area contributed by atoms with Gasteiger partial charge in [0.25, 0.3) is 12.3 Å². The lowest BCUT2D eigenvalue weighted by atomic mass is 9.85. The third-order valence-corrected chi connectivity index (χ3v) is 13.0. The van der Waals surface area contributed by atoms with Crippen molar-refractivity contribution in [2.24, 2.45) is 13.0 Å². The molecule has 1 saturated carbocycles. The molecule has 10 rings (SSSR count). The molecule has 62 heavy (non-hydrogen) atoms. The topological polar surface area (TPSA) is 169 Å². The SMILES string of the molecule is Cn1nc(N2CCC(=O)NC2=O)c2cccc(C#CCOC3CCN(CC4CCC(n5cc(NC(=O)c6cnn7ccc(N8C[C@@H]9C[C@H]8CO9)nc67)c(C(F)F)n5)CC4)CC3)c21. The van der Waals surface area contributed by atoms with Gasteiger partial charge in [0.1, 0.15) is 18.0 Å². The minimum Gasteiger partial charge on any atom is -0.374 e. The summed E-state index contributed by atoms with van der Waals surface area (Å²) < 4.78 is 45.3. The first-order chi connectivity index (χ1) is 30.1. The standard InChI is InChI=1S/C43H48F2N12O5/c1-52-38-27(4-2-6-32(38)41(51-52)54-17-14-36(58)49-43(54)60)5-3-19-61-30-11-15-53(16-12-30)22-26-7-9-28(10-8-26)57-24-34(37(50-57)39(44)45)47-42(59)33-21-46-56-18-13-35(48-40(33)56)55-23-31-20-29(55)25-62-31/h2,4,6,13,18,21,24,26,28-31,39H,7-12,14-17,19-20,22-23,25H2,1H3,(H,47,59)(H,49,58,60)/t26?,28?,29-,31-/m0/s1. The van der Waals surface area contributed by atoms with E-state index in [1.807, 2.05) is 31.3 Å². The van der Waals surface area contributed by atoms with Gasteiger partial charge in [0.05, 0.1) is 53.9 Å². The minimum atomic E-state index is -2.86. The predicted molar refractivity (Wildman–Crippen MR) is 223 cm³/mol. The van der Waals surface area contributed by atoms with Crippen molar-refractivity contribution in [3.8, 4) is 11.8 Å². The van der Waals surface area contributed by atoms with Crippen LogP contribution in [0.15, 0.2) is 42.9 Å². The number of carbonyl (C=O) groups excluding carboxylic acids is 3. The Morgan fingerprint density at radius 2 is 1.90 bits per heavy atom. The van der Waals surface area contributed by atoms with Crippen molar-refractivity contribution in [3.63, 3.8) is 0 Å². The Labute approximate surface area is 355 Å². The molecule has 4 aliphatic heterocycles. The first-order valence-electron chi connectivity index (χ1n) is 21.5. The Morgan fingerprint density at radius 1 is 1.06 bits per heavy atom. The molecule has 2 bridgehead atoms. The average Bonchev–Trinajstić information content (AvgIpc) is 4.13. The number of anilines is 3. The van der Waals surface area contributed by atoms with Crippen molar-refractivity contribution in [1.29, 1.82) is 0 Å². The highest BCUT2D eigenvalue weighted by Gasteiger charge is 2.40. The van der Waals surface area contributed by atoms with Crippen LogP contribution >= 0.6 is 0 Å². The van der Waals surface area contributed by atoms with Crippen molar-refractivity contribution in [2.45, 2.75) is 82.1 Å². The number of alkyl halides is 2. The fourth-order valence-corrected chi connectivity index (χ4v) is 9.79. The molecule has 2 atom stereocenters. The number of morpholine rings is 1. The Bertz CT molecular complexity index is 2580. The van der Waals surface area contributed by atoms with Crippen LogP contribution in [-0.4, -0.2) is 121 Å². The number of rotatable bonds is 10. The Balaban J connectivity index is 0.695. The Hall–Kier alpha value is -5.97. The molecule has 4 amide bonds. The van der Waals surface area contributed by atoms with Crippen LogP contribution in [0.4, 0.5) is 30.9 Å². The summed E-state index contributed by atoms with van der Waals surface area (Å²) in [6.07, 6.45) is 8.70. The summed E-state index contributed by atoms with van der Waals surface area (Å²) in [5, 5.41) is 19.0. The van der Waals surface area contributed by atoms with Crippen LogP contribution in [0, 0.1) is 17.8 Å². The van der Waals surface area contributed by atoms with Gasteiger partial charge in [0.15, 0.2) is 17.2 Å². The summed E-state index contributed by atoms with van der Waals surface area (Å²) in [6, 6.07) is 7.31. The van der Waals surface area contributed by atoms with Crippen LogP contribution < -0.4 is 20.4 Å². The van der Waals surface area contributed by atoms with Crippen LogP contribution in [0.5, 0.6) is 0 Å². The fourth-order valence-electron chi connectivity index (χ4n) is 9.79. The van der Waals surface area contributed by atoms with E-state index in [9.17, 15) is 23.2 Å². The number of aromatic nitrogens is 7. The molecule has 0 unspecified atom stereocenters. The van der Waals surface area contributed by atoms with Crippen LogP contribution in [0.25, 0.3) is 16.6 Å². The first kappa shape index (κ1) is 40.1. The van der Waals surface area contributed by atoms with Gasteiger partial charge in [-0.2, -0.15) is 15.3 Å². The number of para-hydroxylation sites is 1. The number of piperidine rings is 1. The number of hydrogen-bond acceptors (Lipinski definition) is 11. The molecule has 5 fully saturated rings. The van der Waals surface area contributed by atoms with Gasteiger partial charge in [-0.05, 0) is 69.1 Å². The van der Waals surface area contributed by atoms with E-state index in [-0.39, 0.29) is 54.4 Å². The number of nitrogens with one attached hydrogen (secondary N) is 2. The normalized spacial score (nSPS) is 23.4. The maximum Gasteiger partial charge on any atom is 0.329 e. The number of benzene rings is 1. The quantitative estimate of drug-likeness (QED) is 0.187. The summed E-state index contributed by atoms with van der Waals surface area (Å²) >= 11 is 0. The van der Waals surface area contributed by atoms with Gasteiger partial charge in [-0.1, -0.05) is 17.9 Å². The molecule has 5 aromatic rings. The molecule has 17 nitrogen and oxygen atoms in total. The molecule has 1 aromatic carbocycles. The molecular weight excluding hydrogens is 803 g/mol. The van der Waals surface area contributed by atoms with Gasteiger partial charge in [-0.3, -0.25) is 29.2 Å². The molecule has 19 heteroatoms. The van der Waals surface area contributed by atoms with Gasteiger partial charge in [0.2, 0.25) is 5.91 Å². The van der Waals surface area contributed by atoms with E-state index < -0.39 is 24.1 Å². The molecule has 0 spiro atoms. The number of urea groups is 1. The Kier molecular flexibility index (Phi) is 10.8. The number of aryl methyl sites for hydroxylation is 1. The van der Waals surface area contributed by atoms with E-state index in [2.05, 4.69) is 47.6 Å². The van der Waals surface area contributed by atoms with Crippen molar-refractivity contribution in [2.75, 3.05) is 61.1 Å². The lowest BCUT2D eigenvalue weighted by Crippen LogP contribution is -2.49. The maximum atomic E-state index is 14.3. The average molecular weight is 851 g/mol. The number of nitrogens with zero attached hydrogens (tertiary/aromatic N) is 10. The molecule has 1 aliphatic carbocycles. The second-order valence-electron chi connectivity index (χ2n) is 17.0. The fraction of sp³-hybridized carbons (Fsp3) is 0.512.